The Bertz CT molecular complexity index is 565. The maximum Gasteiger partial charge on any atom is 0.305 e. The van der Waals surface area contributed by atoms with Crippen molar-refractivity contribution in [3.63, 3.8) is 0 Å². The highest BCUT2D eigenvalue weighted by atomic mass is 16.5. The fourth-order valence-corrected chi connectivity index (χ4v) is 1.83. The molecule has 1 aromatic heterocycles. The molecule has 7 nitrogen and oxygen atoms in total. The van der Waals surface area contributed by atoms with Crippen molar-refractivity contribution in [1.29, 1.82) is 0 Å². The third-order valence-electron chi connectivity index (χ3n) is 2.94. The monoisotopic (exact) mass is 276 g/mol. The molecule has 20 heavy (non-hydrogen) atoms. The Morgan fingerprint density at radius 3 is 2.70 bits per heavy atom. The number of aryl methyl sites for hydroxylation is 3. The molecule has 2 aromatic rings. The largest absolute Gasteiger partial charge is 0.497 e. The number of methoxy groups -OCH3 is 1. The SMILES string of the molecule is COc1ccc(CCc2nnnn2CCC(=O)O)cc1. The Hall–Kier alpha value is -2.44. The highest BCUT2D eigenvalue weighted by Crippen LogP contribution is 2.12. The number of tetrazole rings is 1. The Balaban J connectivity index is 1.93. The standard InChI is InChI=1S/C13H16N4O3/c1-20-11-5-2-10(3-6-11)4-7-12-14-15-16-17(12)9-8-13(18)19/h2-3,5-6H,4,7-9H2,1H3,(H,18,19). The van der Waals surface area contributed by atoms with Gasteiger partial charge in [0.15, 0.2) is 5.82 Å². The topological polar surface area (TPSA) is 90.1 Å². The molecular weight excluding hydrogens is 260 g/mol. The van der Waals surface area contributed by atoms with Gasteiger partial charge in [-0.15, -0.1) is 5.10 Å². The summed E-state index contributed by atoms with van der Waals surface area (Å²) in [4.78, 5) is 10.6. The van der Waals surface area contributed by atoms with Crippen LogP contribution in [0, 0.1) is 0 Å². The van der Waals surface area contributed by atoms with Crippen molar-refractivity contribution in [1.82, 2.24) is 20.2 Å². The number of carbonyl (C=O) groups is 1. The molecule has 0 aliphatic rings. The molecule has 106 valence electrons. The minimum atomic E-state index is -0.860. The van der Waals surface area contributed by atoms with Crippen LogP contribution in [0.25, 0.3) is 0 Å². The van der Waals surface area contributed by atoms with Crippen LogP contribution < -0.4 is 4.74 Å². The van der Waals surface area contributed by atoms with E-state index in [0.717, 1.165) is 17.7 Å². The van der Waals surface area contributed by atoms with Gasteiger partial charge in [0.2, 0.25) is 0 Å². The van der Waals surface area contributed by atoms with Crippen LogP contribution >= 0.6 is 0 Å². The third-order valence-corrected chi connectivity index (χ3v) is 2.94. The van der Waals surface area contributed by atoms with Gasteiger partial charge >= 0.3 is 5.97 Å². The number of aliphatic carboxylic acids is 1. The first-order chi connectivity index (χ1) is 9.69. The predicted octanol–water partition coefficient (Wildman–Crippen LogP) is 0.942. The summed E-state index contributed by atoms with van der Waals surface area (Å²) in [5, 5.41) is 20.0. The lowest BCUT2D eigenvalue weighted by molar-refractivity contribution is -0.137. The van der Waals surface area contributed by atoms with Gasteiger partial charge < -0.3 is 9.84 Å². The molecule has 7 heteroatoms. The number of carboxylic acid groups (broad SMARTS) is 1. The highest BCUT2D eigenvalue weighted by Gasteiger charge is 2.08. The molecule has 1 N–H and O–H groups in total. The molecule has 0 bridgehead atoms. The first-order valence-electron chi connectivity index (χ1n) is 6.29. The molecule has 2 rings (SSSR count). The van der Waals surface area contributed by atoms with Crippen molar-refractivity contribution in [2.45, 2.75) is 25.8 Å². The van der Waals surface area contributed by atoms with Crippen LogP contribution in [0.3, 0.4) is 0 Å². The minimum Gasteiger partial charge on any atom is -0.497 e. The van der Waals surface area contributed by atoms with Crippen LogP contribution in [-0.2, 0) is 24.2 Å². The van der Waals surface area contributed by atoms with Crippen molar-refractivity contribution >= 4 is 5.97 Å². The Kier molecular flexibility index (Phi) is 4.65. The van der Waals surface area contributed by atoms with Gasteiger partial charge in [-0.1, -0.05) is 12.1 Å². The molecular formula is C13H16N4O3. The zero-order valence-electron chi connectivity index (χ0n) is 11.2. The van der Waals surface area contributed by atoms with Gasteiger partial charge in [0, 0.05) is 6.42 Å². The summed E-state index contributed by atoms with van der Waals surface area (Å²) in [6, 6.07) is 7.79. The van der Waals surface area contributed by atoms with Crippen molar-refractivity contribution in [3.05, 3.63) is 35.7 Å². The molecule has 0 atom stereocenters. The molecule has 0 saturated heterocycles. The third kappa shape index (κ3) is 3.78. The number of nitrogens with zero attached hydrogens (tertiary/aromatic N) is 4. The maximum absolute atomic E-state index is 10.6. The summed E-state index contributed by atoms with van der Waals surface area (Å²) in [7, 11) is 1.63. The summed E-state index contributed by atoms with van der Waals surface area (Å²) in [5.41, 5.74) is 1.15. The number of rotatable bonds is 7. The second kappa shape index (κ2) is 6.65. The molecule has 0 aliphatic heterocycles. The van der Waals surface area contributed by atoms with Crippen LogP contribution in [0.1, 0.15) is 17.8 Å². The first-order valence-corrected chi connectivity index (χ1v) is 6.29. The van der Waals surface area contributed by atoms with E-state index in [4.69, 9.17) is 9.84 Å². The number of benzene rings is 1. The van der Waals surface area contributed by atoms with Crippen LogP contribution in [0.4, 0.5) is 0 Å². The van der Waals surface area contributed by atoms with E-state index in [-0.39, 0.29) is 6.42 Å². The van der Waals surface area contributed by atoms with Gasteiger partial charge in [0.05, 0.1) is 20.1 Å². The number of hydrogen-bond acceptors (Lipinski definition) is 5. The summed E-state index contributed by atoms with van der Waals surface area (Å²) in [6.45, 7) is 0.292. The molecule has 1 heterocycles. The average molecular weight is 276 g/mol. The lowest BCUT2D eigenvalue weighted by Crippen LogP contribution is -2.10. The fourth-order valence-electron chi connectivity index (χ4n) is 1.83. The summed E-state index contributed by atoms with van der Waals surface area (Å²) < 4.78 is 6.64. The summed E-state index contributed by atoms with van der Waals surface area (Å²) >= 11 is 0. The zero-order valence-corrected chi connectivity index (χ0v) is 11.2. The van der Waals surface area contributed by atoms with E-state index in [1.165, 1.54) is 4.68 Å². The van der Waals surface area contributed by atoms with Crippen LogP contribution in [0.2, 0.25) is 0 Å². The number of carboxylic acids is 1. The first kappa shape index (κ1) is 14.0. The quantitative estimate of drug-likeness (QED) is 0.809. The van der Waals surface area contributed by atoms with Crippen molar-refractivity contribution in [2.75, 3.05) is 7.11 Å². The Labute approximate surface area is 116 Å². The minimum absolute atomic E-state index is 0.0145. The molecule has 1 aromatic carbocycles. The molecule has 0 aliphatic carbocycles. The predicted molar refractivity (Wildman–Crippen MR) is 70.5 cm³/mol. The molecule has 0 saturated carbocycles. The Morgan fingerprint density at radius 2 is 2.05 bits per heavy atom. The molecule has 0 radical (unpaired) electrons. The van der Waals surface area contributed by atoms with Gasteiger partial charge in [-0.3, -0.25) is 4.79 Å². The summed E-state index contributed by atoms with van der Waals surface area (Å²) in [6.07, 6.45) is 1.47. The van der Waals surface area contributed by atoms with Gasteiger partial charge in [-0.25, -0.2) is 4.68 Å². The van der Waals surface area contributed by atoms with Crippen LogP contribution in [0.5, 0.6) is 5.75 Å². The van der Waals surface area contributed by atoms with Crippen molar-refractivity contribution < 1.29 is 14.6 Å². The maximum atomic E-state index is 10.6. The van der Waals surface area contributed by atoms with E-state index in [0.29, 0.717) is 18.8 Å². The summed E-state index contributed by atoms with van der Waals surface area (Å²) in [5.74, 6) is 0.656. The van der Waals surface area contributed by atoms with E-state index in [1.807, 2.05) is 24.3 Å². The normalized spacial score (nSPS) is 10.4. The number of ether oxygens (including phenoxy) is 1. The molecule has 0 unspecified atom stereocenters. The Morgan fingerprint density at radius 1 is 1.30 bits per heavy atom. The van der Waals surface area contributed by atoms with Crippen molar-refractivity contribution in [3.8, 4) is 5.75 Å². The number of hydrogen-bond donors (Lipinski definition) is 1. The van der Waals surface area contributed by atoms with E-state index in [2.05, 4.69) is 15.5 Å². The van der Waals surface area contributed by atoms with Gasteiger partial charge in [-0.05, 0) is 34.5 Å². The van der Waals surface area contributed by atoms with Crippen LogP contribution in [-0.4, -0.2) is 38.4 Å². The second-order valence-corrected chi connectivity index (χ2v) is 4.31. The number of aromatic nitrogens is 4. The molecule has 0 fully saturated rings. The van der Waals surface area contributed by atoms with Gasteiger partial charge in [-0.2, -0.15) is 0 Å². The van der Waals surface area contributed by atoms with Crippen molar-refractivity contribution in [2.24, 2.45) is 0 Å². The average Bonchev–Trinajstić information content (AvgIpc) is 2.91. The molecule has 0 amide bonds. The highest BCUT2D eigenvalue weighted by molar-refractivity contribution is 5.66. The van der Waals surface area contributed by atoms with E-state index < -0.39 is 5.97 Å². The second-order valence-electron chi connectivity index (χ2n) is 4.31. The van der Waals surface area contributed by atoms with Gasteiger partial charge in [0.1, 0.15) is 5.75 Å². The smallest absolute Gasteiger partial charge is 0.305 e. The fraction of sp³-hybridized carbons (Fsp3) is 0.385. The lowest BCUT2D eigenvalue weighted by Gasteiger charge is -2.04. The van der Waals surface area contributed by atoms with E-state index in [1.54, 1.807) is 7.11 Å². The van der Waals surface area contributed by atoms with Crippen LogP contribution in [0.15, 0.2) is 24.3 Å². The van der Waals surface area contributed by atoms with E-state index in [9.17, 15) is 4.79 Å². The lowest BCUT2D eigenvalue weighted by atomic mass is 10.1. The molecule has 0 spiro atoms. The van der Waals surface area contributed by atoms with E-state index >= 15 is 0 Å². The zero-order chi connectivity index (χ0) is 14.4. The van der Waals surface area contributed by atoms with Gasteiger partial charge in [0.25, 0.3) is 0 Å².